The molecule has 2 aromatic rings. The third kappa shape index (κ3) is 4.11. The number of aromatic nitrogens is 3. The SMILES string of the molecule is CN(Cc1nc(-c2ccncc2)no1)C(=O)C[C@@H]1CNCCO1. The highest BCUT2D eigenvalue weighted by atomic mass is 16.5. The zero-order valence-corrected chi connectivity index (χ0v) is 12.9. The molecule has 3 heterocycles. The summed E-state index contributed by atoms with van der Waals surface area (Å²) in [5.41, 5.74) is 0.825. The Morgan fingerprint density at radius 3 is 3.00 bits per heavy atom. The highest BCUT2D eigenvalue weighted by Gasteiger charge is 2.21. The second-order valence-electron chi connectivity index (χ2n) is 5.40. The van der Waals surface area contributed by atoms with Crippen molar-refractivity contribution in [1.82, 2.24) is 25.3 Å². The first-order valence-electron chi connectivity index (χ1n) is 7.51. The summed E-state index contributed by atoms with van der Waals surface area (Å²) < 4.78 is 10.8. The van der Waals surface area contributed by atoms with Crippen molar-refractivity contribution in [3.63, 3.8) is 0 Å². The van der Waals surface area contributed by atoms with Gasteiger partial charge in [-0.15, -0.1) is 0 Å². The van der Waals surface area contributed by atoms with E-state index in [4.69, 9.17) is 9.26 Å². The minimum absolute atomic E-state index is 0.0117. The first kappa shape index (κ1) is 15.6. The molecular formula is C15H19N5O3. The Bertz CT molecular complexity index is 640. The lowest BCUT2D eigenvalue weighted by molar-refractivity contribution is -0.134. The summed E-state index contributed by atoms with van der Waals surface area (Å²) in [6.07, 6.45) is 3.60. The Morgan fingerprint density at radius 2 is 2.26 bits per heavy atom. The largest absolute Gasteiger partial charge is 0.375 e. The number of carbonyl (C=O) groups is 1. The number of rotatable bonds is 5. The van der Waals surface area contributed by atoms with Gasteiger partial charge in [0.05, 0.1) is 25.7 Å². The smallest absolute Gasteiger partial charge is 0.246 e. The molecule has 1 aliphatic heterocycles. The molecular weight excluding hydrogens is 298 g/mol. The molecule has 0 radical (unpaired) electrons. The molecule has 0 spiro atoms. The van der Waals surface area contributed by atoms with Crippen molar-refractivity contribution in [2.24, 2.45) is 0 Å². The van der Waals surface area contributed by atoms with Crippen LogP contribution in [0.25, 0.3) is 11.4 Å². The van der Waals surface area contributed by atoms with E-state index in [0.29, 0.717) is 31.3 Å². The molecule has 0 unspecified atom stereocenters. The van der Waals surface area contributed by atoms with Crippen LogP contribution in [0.5, 0.6) is 0 Å². The predicted molar refractivity (Wildman–Crippen MR) is 81.2 cm³/mol. The van der Waals surface area contributed by atoms with Crippen LogP contribution >= 0.6 is 0 Å². The molecule has 0 saturated carbocycles. The van der Waals surface area contributed by atoms with Crippen molar-refractivity contribution in [3.8, 4) is 11.4 Å². The Hall–Kier alpha value is -2.32. The molecule has 122 valence electrons. The average molecular weight is 317 g/mol. The van der Waals surface area contributed by atoms with E-state index in [0.717, 1.165) is 12.1 Å². The number of pyridine rings is 1. The fourth-order valence-corrected chi connectivity index (χ4v) is 2.33. The van der Waals surface area contributed by atoms with Crippen LogP contribution in [0.3, 0.4) is 0 Å². The first-order chi connectivity index (χ1) is 11.2. The van der Waals surface area contributed by atoms with Gasteiger partial charge < -0.3 is 19.5 Å². The number of ether oxygens (including phenoxy) is 1. The summed E-state index contributed by atoms with van der Waals surface area (Å²) in [7, 11) is 1.72. The minimum Gasteiger partial charge on any atom is -0.375 e. The van der Waals surface area contributed by atoms with Gasteiger partial charge in [0, 0.05) is 38.1 Å². The van der Waals surface area contributed by atoms with Crippen LogP contribution in [0.1, 0.15) is 12.3 Å². The molecule has 1 aliphatic rings. The molecule has 0 aromatic carbocycles. The van der Waals surface area contributed by atoms with Crippen LogP contribution in [0.4, 0.5) is 0 Å². The summed E-state index contributed by atoms with van der Waals surface area (Å²) >= 11 is 0. The second kappa shape index (κ2) is 7.30. The van der Waals surface area contributed by atoms with Gasteiger partial charge in [-0.2, -0.15) is 4.98 Å². The maximum absolute atomic E-state index is 12.2. The molecule has 3 rings (SSSR count). The quantitative estimate of drug-likeness (QED) is 0.856. The highest BCUT2D eigenvalue weighted by Crippen LogP contribution is 2.15. The maximum atomic E-state index is 12.2. The summed E-state index contributed by atoms with van der Waals surface area (Å²) in [4.78, 5) is 22.0. The fourth-order valence-electron chi connectivity index (χ4n) is 2.33. The van der Waals surface area contributed by atoms with E-state index < -0.39 is 0 Å². The maximum Gasteiger partial charge on any atom is 0.246 e. The van der Waals surface area contributed by atoms with E-state index in [9.17, 15) is 4.79 Å². The predicted octanol–water partition coefficient (Wildman–Crippen LogP) is 0.468. The van der Waals surface area contributed by atoms with Gasteiger partial charge in [0.1, 0.15) is 0 Å². The zero-order valence-electron chi connectivity index (χ0n) is 12.9. The van der Waals surface area contributed by atoms with E-state index in [1.165, 1.54) is 0 Å². The van der Waals surface area contributed by atoms with Crippen molar-refractivity contribution in [2.45, 2.75) is 19.1 Å². The zero-order chi connectivity index (χ0) is 16.1. The third-order valence-electron chi connectivity index (χ3n) is 3.61. The lowest BCUT2D eigenvalue weighted by Crippen LogP contribution is -2.41. The Balaban J connectivity index is 1.56. The van der Waals surface area contributed by atoms with E-state index >= 15 is 0 Å². The van der Waals surface area contributed by atoms with Gasteiger partial charge in [-0.05, 0) is 12.1 Å². The van der Waals surface area contributed by atoms with Gasteiger partial charge >= 0.3 is 0 Å². The van der Waals surface area contributed by atoms with Crippen molar-refractivity contribution in [1.29, 1.82) is 0 Å². The molecule has 2 aromatic heterocycles. The molecule has 1 N–H and O–H groups in total. The van der Waals surface area contributed by atoms with Gasteiger partial charge in [-0.25, -0.2) is 0 Å². The minimum atomic E-state index is -0.0752. The van der Waals surface area contributed by atoms with Crippen molar-refractivity contribution < 1.29 is 14.1 Å². The van der Waals surface area contributed by atoms with Crippen LogP contribution in [-0.4, -0.2) is 58.8 Å². The van der Waals surface area contributed by atoms with E-state index in [2.05, 4.69) is 20.4 Å². The Kier molecular flexibility index (Phi) is 4.94. The molecule has 0 aliphatic carbocycles. The number of hydrogen-bond acceptors (Lipinski definition) is 7. The Labute approximate surface area is 133 Å². The molecule has 23 heavy (non-hydrogen) atoms. The van der Waals surface area contributed by atoms with Crippen molar-refractivity contribution in [2.75, 3.05) is 26.7 Å². The molecule has 8 heteroatoms. The molecule has 1 fully saturated rings. The first-order valence-corrected chi connectivity index (χ1v) is 7.51. The van der Waals surface area contributed by atoms with Crippen molar-refractivity contribution in [3.05, 3.63) is 30.4 Å². The third-order valence-corrected chi connectivity index (χ3v) is 3.61. The van der Waals surface area contributed by atoms with Crippen molar-refractivity contribution >= 4 is 5.91 Å². The number of morpholine rings is 1. The van der Waals surface area contributed by atoms with Crippen LogP contribution in [0.15, 0.2) is 29.0 Å². The van der Waals surface area contributed by atoms with E-state index in [-0.39, 0.29) is 18.6 Å². The Morgan fingerprint density at radius 1 is 1.43 bits per heavy atom. The second-order valence-corrected chi connectivity index (χ2v) is 5.40. The molecule has 8 nitrogen and oxygen atoms in total. The van der Waals surface area contributed by atoms with Gasteiger partial charge in [0.2, 0.25) is 17.6 Å². The van der Waals surface area contributed by atoms with E-state index in [1.54, 1.807) is 36.5 Å². The number of hydrogen-bond donors (Lipinski definition) is 1. The molecule has 1 atom stereocenters. The van der Waals surface area contributed by atoms with Gasteiger partial charge in [0.15, 0.2) is 0 Å². The summed E-state index contributed by atoms with van der Waals surface area (Å²) in [5, 5.41) is 7.14. The number of carbonyl (C=O) groups excluding carboxylic acids is 1. The number of nitrogens with zero attached hydrogens (tertiary/aromatic N) is 4. The fraction of sp³-hybridized carbons (Fsp3) is 0.467. The van der Waals surface area contributed by atoms with Crippen LogP contribution in [0, 0.1) is 0 Å². The van der Waals surface area contributed by atoms with Crippen LogP contribution in [-0.2, 0) is 16.1 Å². The van der Waals surface area contributed by atoms with Gasteiger partial charge in [-0.1, -0.05) is 5.16 Å². The molecule has 0 bridgehead atoms. The summed E-state index contributed by atoms with van der Waals surface area (Å²) in [6.45, 7) is 2.45. The summed E-state index contributed by atoms with van der Waals surface area (Å²) in [6, 6.07) is 3.60. The van der Waals surface area contributed by atoms with Gasteiger partial charge in [-0.3, -0.25) is 9.78 Å². The van der Waals surface area contributed by atoms with E-state index in [1.807, 2.05) is 0 Å². The van der Waals surface area contributed by atoms with Crippen LogP contribution < -0.4 is 5.32 Å². The highest BCUT2D eigenvalue weighted by molar-refractivity contribution is 5.76. The molecule has 1 amide bonds. The number of amides is 1. The normalized spacial score (nSPS) is 17.9. The topological polar surface area (TPSA) is 93.4 Å². The van der Waals surface area contributed by atoms with Crippen LogP contribution in [0.2, 0.25) is 0 Å². The summed E-state index contributed by atoms with van der Waals surface area (Å²) in [5.74, 6) is 0.876. The average Bonchev–Trinajstić information content (AvgIpc) is 3.05. The van der Waals surface area contributed by atoms with Gasteiger partial charge in [0.25, 0.3) is 0 Å². The molecule has 1 saturated heterocycles. The standard InChI is InChI=1S/C15H19N5O3/c1-20(14(21)8-12-9-17-6-7-22-12)10-13-18-15(19-23-13)11-2-4-16-5-3-11/h2-5,12,17H,6-10H2,1H3/t12-/m1/s1. The lowest BCUT2D eigenvalue weighted by atomic mass is 10.2. The monoisotopic (exact) mass is 317 g/mol. The lowest BCUT2D eigenvalue weighted by Gasteiger charge is -2.25. The number of nitrogens with one attached hydrogen (secondary N) is 1.